The molecule has 0 amide bonds. The van der Waals surface area contributed by atoms with Gasteiger partial charge in [0, 0.05) is 27.1 Å². The number of carbonyl (C=O) groups is 1. The lowest BCUT2D eigenvalue weighted by Gasteiger charge is -2.33. The lowest BCUT2D eigenvalue weighted by atomic mass is 9.83. The maximum absolute atomic E-state index is 12.4. The van der Waals surface area contributed by atoms with E-state index >= 15 is 0 Å². The first-order chi connectivity index (χ1) is 7.80. The normalized spacial score (nSPS) is 20.3. The summed E-state index contributed by atoms with van der Waals surface area (Å²) in [6.45, 7) is 3.73. The van der Waals surface area contributed by atoms with Crippen LogP contribution in [0.2, 0.25) is 10.0 Å². The van der Waals surface area contributed by atoms with Crippen LogP contribution in [0, 0.1) is 5.92 Å². The van der Waals surface area contributed by atoms with Crippen molar-refractivity contribution in [2.24, 2.45) is 11.7 Å². The first-order valence-electron chi connectivity index (χ1n) is 5.25. The SMILES string of the molecule is CC(C)(N)C1CSc2cc(Cl)cc(Cl)c2C1=O. The Balaban J connectivity index is 2.50. The lowest BCUT2D eigenvalue weighted by molar-refractivity contribution is 0.0881. The third-order valence-electron chi connectivity index (χ3n) is 2.89. The molecule has 1 aliphatic rings. The molecule has 0 aliphatic carbocycles. The van der Waals surface area contributed by atoms with Gasteiger partial charge in [-0.2, -0.15) is 0 Å². The summed E-state index contributed by atoms with van der Waals surface area (Å²) in [6.07, 6.45) is 0. The number of halogens is 2. The number of thioether (sulfide) groups is 1. The van der Waals surface area contributed by atoms with E-state index in [9.17, 15) is 4.79 Å². The number of benzene rings is 1. The number of carbonyl (C=O) groups excluding carboxylic acids is 1. The van der Waals surface area contributed by atoms with Gasteiger partial charge in [0.2, 0.25) is 0 Å². The zero-order valence-corrected chi connectivity index (χ0v) is 11.9. The van der Waals surface area contributed by atoms with Gasteiger partial charge in [-0.05, 0) is 26.0 Å². The number of hydrogen-bond donors (Lipinski definition) is 1. The molecule has 5 heteroatoms. The highest BCUT2D eigenvalue weighted by atomic mass is 35.5. The molecular weight excluding hydrogens is 277 g/mol. The summed E-state index contributed by atoms with van der Waals surface area (Å²) in [6, 6.07) is 3.39. The summed E-state index contributed by atoms with van der Waals surface area (Å²) >= 11 is 13.6. The molecular formula is C12H13Cl2NOS. The maximum atomic E-state index is 12.4. The molecule has 1 aromatic rings. The maximum Gasteiger partial charge on any atom is 0.171 e. The fourth-order valence-corrected chi connectivity index (χ4v) is 4.08. The van der Waals surface area contributed by atoms with E-state index in [4.69, 9.17) is 28.9 Å². The van der Waals surface area contributed by atoms with Crippen LogP contribution in [0.4, 0.5) is 0 Å². The van der Waals surface area contributed by atoms with E-state index in [-0.39, 0.29) is 11.7 Å². The van der Waals surface area contributed by atoms with E-state index in [1.165, 1.54) is 0 Å². The first kappa shape index (κ1) is 13.2. The van der Waals surface area contributed by atoms with Crippen molar-refractivity contribution in [2.45, 2.75) is 24.3 Å². The van der Waals surface area contributed by atoms with Gasteiger partial charge >= 0.3 is 0 Å². The van der Waals surface area contributed by atoms with Crippen LogP contribution in [0.15, 0.2) is 17.0 Å². The number of Topliss-reactive ketones (excluding diaryl/α,β-unsaturated/α-hetero) is 1. The molecule has 2 N–H and O–H groups in total. The predicted octanol–water partition coefficient (Wildman–Crippen LogP) is 3.64. The van der Waals surface area contributed by atoms with Gasteiger partial charge in [-0.3, -0.25) is 4.79 Å². The Kier molecular flexibility index (Phi) is 3.47. The van der Waals surface area contributed by atoms with E-state index in [2.05, 4.69) is 0 Å². The van der Waals surface area contributed by atoms with Crippen molar-refractivity contribution in [1.82, 2.24) is 0 Å². The minimum absolute atomic E-state index is 0.0212. The standard InChI is InChI=1S/C12H13Cl2NOS/c1-12(2,15)7-5-17-9-4-6(13)3-8(14)10(9)11(7)16/h3-4,7H,5,15H2,1-2H3. The summed E-state index contributed by atoms with van der Waals surface area (Å²) in [5.74, 6) is 0.484. The van der Waals surface area contributed by atoms with Crippen LogP contribution in [-0.2, 0) is 0 Å². The summed E-state index contributed by atoms with van der Waals surface area (Å²) in [5, 5.41) is 0.971. The van der Waals surface area contributed by atoms with Gasteiger partial charge in [0.15, 0.2) is 5.78 Å². The van der Waals surface area contributed by atoms with E-state index in [1.807, 2.05) is 13.8 Å². The molecule has 0 fully saturated rings. The van der Waals surface area contributed by atoms with E-state index in [1.54, 1.807) is 23.9 Å². The number of ketones is 1. The van der Waals surface area contributed by atoms with Crippen molar-refractivity contribution in [2.75, 3.05) is 5.75 Å². The first-order valence-corrected chi connectivity index (χ1v) is 7.00. The van der Waals surface area contributed by atoms with Gasteiger partial charge in [0.05, 0.1) is 10.6 Å². The fraction of sp³-hybridized carbons (Fsp3) is 0.417. The van der Waals surface area contributed by atoms with Crippen LogP contribution in [0.25, 0.3) is 0 Å². The van der Waals surface area contributed by atoms with Crippen molar-refractivity contribution < 1.29 is 4.79 Å². The van der Waals surface area contributed by atoms with Gasteiger partial charge < -0.3 is 5.73 Å². The van der Waals surface area contributed by atoms with Crippen molar-refractivity contribution in [3.63, 3.8) is 0 Å². The van der Waals surface area contributed by atoms with Crippen LogP contribution in [0.1, 0.15) is 24.2 Å². The minimum atomic E-state index is -0.537. The van der Waals surface area contributed by atoms with Gasteiger partial charge in [0.25, 0.3) is 0 Å². The highest BCUT2D eigenvalue weighted by Crippen LogP contribution is 2.41. The molecule has 1 heterocycles. The largest absolute Gasteiger partial charge is 0.325 e. The Morgan fingerprint density at radius 1 is 1.41 bits per heavy atom. The summed E-state index contributed by atoms with van der Waals surface area (Å²) in [4.78, 5) is 13.2. The Morgan fingerprint density at radius 3 is 2.65 bits per heavy atom. The van der Waals surface area contributed by atoms with Crippen molar-refractivity contribution in [1.29, 1.82) is 0 Å². The second-order valence-electron chi connectivity index (χ2n) is 4.81. The smallest absolute Gasteiger partial charge is 0.171 e. The highest BCUT2D eigenvalue weighted by molar-refractivity contribution is 7.99. The van der Waals surface area contributed by atoms with Crippen molar-refractivity contribution >= 4 is 40.7 Å². The van der Waals surface area contributed by atoms with Crippen LogP contribution < -0.4 is 5.73 Å². The van der Waals surface area contributed by atoms with Gasteiger partial charge in [0.1, 0.15) is 0 Å². The minimum Gasteiger partial charge on any atom is -0.325 e. The summed E-state index contributed by atoms with van der Waals surface area (Å²) in [5.41, 5.74) is 6.06. The van der Waals surface area contributed by atoms with Crippen LogP contribution in [0.3, 0.4) is 0 Å². The number of nitrogens with two attached hydrogens (primary N) is 1. The molecule has 1 atom stereocenters. The van der Waals surface area contributed by atoms with E-state index in [0.29, 0.717) is 21.4 Å². The molecule has 2 nitrogen and oxygen atoms in total. The predicted molar refractivity (Wildman–Crippen MR) is 73.3 cm³/mol. The van der Waals surface area contributed by atoms with Crippen molar-refractivity contribution in [3.8, 4) is 0 Å². The molecule has 92 valence electrons. The quantitative estimate of drug-likeness (QED) is 0.858. The molecule has 0 saturated heterocycles. The average molecular weight is 290 g/mol. The summed E-state index contributed by atoms with van der Waals surface area (Å²) in [7, 11) is 0. The summed E-state index contributed by atoms with van der Waals surface area (Å²) < 4.78 is 0. The van der Waals surface area contributed by atoms with Crippen LogP contribution >= 0.6 is 35.0 Å². The van der Waals surface area contributed by atoms with E-state index < -0.39 is 5.54 Å². The molecule has 2 rings (SSSR count). The van der Waals surface area contributed by atoms with Crippen LogP contribution in [-0.4, -0.2) is 17.1 Å². The Morgan fingerprint density at radius 2 is 2.06 bits per heavy atom. The topological polar surface area (TPSA) is 43.1 Å². The number of fused-ring (bicyclic) bond motifs is 1. The molecule has 17 heavy (non-hydrogen) atoms. The Labute approximate surface area is 115 Å². The van der Waals surface area contributed by atoms with E-state index in [0.717, 1.165) is 4.90 Å². The van der Waals surface area contributed by atoms with Crippen molar-refractivity contribution in [3.05, 3.63) is 27.7 Å². The van der Waals surface area contributed by atoms with Gasteiger partial charge in [-0.1, -0.05) is 23.2 Å². The molecule has 1 aromatic carbocycles. The second-order valence-corrected chi connectivity index (χ2v) is 6.72. The van der Waals surface area contributed by atoms with Crippen LogP contribution in [0.5, 0.6) is 0 Å². The molecule has 0 spiro atoms. The second kappa shape index (κ2) is 4.47. The average Bonchev–Trinajstić information content (AvgIpc) is 2.14. The monoisotopic (exact) mass is 289 g/mol. The zero-order valence-electron chi connectivity index (χ0n) is 9.59. The number of hydrogen-bond acceptors (Lipinski definition) is 3. The molecule has 1 unspecified atom stereocenters. The Bertz CT molecular complexity index is 482. The van der Waals surface area contributed by atoms with Gasteiger partial charge in [-0.25, -0.2) is 0 Å². The Hall–Kier alpha value is -0.220. The fourth-order valence-electron chi connectivity index (χ4n) is 1.88. The third kappa shape index (κ3) is 2.48. The molecule has 0 saturated carbocycles. The molecule has 0 bridgehead atoms. The highest BCUT2D eigenvalue weighted by Gasteiger charge is 2.38. The zero-order chi connectivity index (χ0) is 12.8. The third-order valence-corrected chi connectivity index (χ3v) is 4.53. The van der Waals surface area contributed by atoms with Gasteiger partial charge in [-0.15, -0.1) is 11.8 Å². The lowest BCUT2D eigenvalue weighted by Crippen LogP contribution is -2.47. The molecule has 1 aliphatic heterocycles. The number of rotatable bonds is 1. The molecule has 0 radical (unpaired) electrons. The molecule has 0 aromatic heterocycles.